The van der Waals surface area contributed by atoms with Gasteiger partial charge in [-0.2, -0.15) is 0 Å². The number of benzene rings is 4. The van der Waals surface area contributed by atoms with Crippen LogP contribution in [0, 0.1) is 5.82 Å². The van der Waals surface area contributed by atoms with E-state index in [2.05, 4.69) is 54.6 Å². The zero-order valence-electron chi connectivity index (χ0n) is 16.3. The Balaban J connectivity index is 1.58. The minimum absolute atomic E-state index is 0.261. The van der Waals surface area contributed by atoms with Crippen molar-refractivity contribution in [3.05, 3.63) is 121 Å². The standard InChI is InChI=1S/C28H19FO/c29-25-17-15-24(16-18-25)28-26(22-9-5-2-6-10-22)19-27(30-28)23-13-11-21(12-14-23)20-7-3-1-4-8-20/h1-19H. The second-order valence-electron chi connectivity index (χ2n) is 7.17. The van der Waals surface area contributed by atoms with E-state index in [0.29, 0.717) is 0 Å². The Kier molecular flexibility index (Phi) is 4.74. The highest BCUT2D eigenvalue weighted by atomic mass is 19.1. The van der Waals surface area contributed by atoms with E-state index in [1.165, 1.54) is 17.7 Å². The molecule has 4 aromatic carbocycles. The largest absolute Gasteiger partial charge is 0.455 e. The van der Waals surface area contributed by atoms with Gasteiger partial charge in [-0.05, 0) is 47.0 Å². The molecule has 5 aromatic rings. The minimum atomic E-state index is -0.261. The van der Waals surface area contributed by atoms with Crippen molar-refractivity contribution in [1.82, 2.24) is 0 Å². The van der Waals surface area contributed by atoms with E-state index in [1.807, 2.05) is 36.4 Å². The lowest BCUT2D eigenvalue weighted by Gasteiger charge is -2.03. The van der Waals surface area contributed by atoms with Gasteiger partial charge < -0.3 is 4.42 Å². The third-order valence-corrected chi connectivity index (χ3v) is 5.20. The van der Waals surface area contributed by atoms with Crippen LogP contribution in [0.3, 0.4) is 0 Å². The van der Waals surface area contributed by atoms with Crippen LogP contribution in [-0.4, -0.2) is 0 Å². The van der Waals surface area contributed by atoms with Crippen molar-refractivity contribution in [2.24, 2.45) is 0 Å². The first kappa shape index (κ1) is 18.1. The normalized spacial score (nSPS) is 10.8. The number of hydrogen-bond donors (Lipinski definition) is 0. The third kappa shape index (κ3) is 3.56. The zero-order chi connectivity index (χ0) is 20.3. The molecule has 1 heterocycles. The highest BCUT2D eigenvalue weighted by molar-refractivity contribution is 5.84. The number of rotatable bonds is 4. The maximum atomic E-state index is 13.4. The molecule has 144 valence electrons. The topological polar surface area (TPSA) is 13.1 Å². The van der Waals surface area contributed by atoms with E-state index < -0.39 is 0 Å². The highest BCUT2D eigenvalue weighted by Gasteiger charge is 2.16. The molecule has 5 rings (SSSR count). The molecule has 30 heavy (non-hydrogen) atoms. The summed E-state index contributed by atoms with van der Waals surface area (Å²) in [5.41, 5.74) is 6.24. The van der Waals surface area contributed by atoms with Crippen LogP contribution in [0.2, 0.25) is 0 Å². The Morgan fingerprint density at radius 1 is 0.467 bits per heavy atom. The molecule has 0 N–H and O–H groups in total. The third-order valence-electron chi connectivity index (χ3n) is 5.20. The van der Waals surface area contributed by atoms with Gasteiger partial charge in [0.1, 0.15) is 17.3 Å². The molecule has 0 bridgehead atoms. The van der Waals surface area contributed by atoms with Gasteiger partial charge in [0.25, 0.3) is 0 Å². The van der Waals surface area contributed by atoms with Crippen LogP contribution in [0.15, 0.2) is 120 Å². The Morgan fingerprint density at radius 2 is 0.967 bits per heavy atom. The molecule has 1 aromatic heterocycles. The molecule has 2 heteroatoms. The number of halogens is 1. The summed E-state index contributed by atoms with van der Waals surface area (Å²) in [5, 5.41) is 0. The molecule has 0 aliphatic carbocycles. The van der Waals surface area contributed by atoms with Crippen molar-refractivity contribution < 1.29 is 8.81 Å². The van der Waals surface area contributed by atoms with E-state index in [4.69, 9.17) is 4.42 Å². The Bertz CT molecular complexity index is 1250. The second kappa shape index (κ2) is 7.84. The monoisotopic (exact) mass is 390 g/mol. The van der Waals surface area contributed by atoms with Crippen LogP contribution >= 0.6 is 0 Å². The van der Waals surface area contributed by atoms with Crippen molar-refractivity contribution in [1.29, 1.82) is 0 Å². The van der Waals surface area contributed by atoms with Gasteiger partial charge in [0, 0.05) is 16.7 Å². The summed E-state index contributed by atoms with van der Waals surface area (Å²) in [6.45, 7) is 0. The van der Waals surface area contributed by atoms with Crippen molar-refractivity contribution >= 4 is 0 Å². The van der Waals surface area contributed by atoms with Crippen LogP contribution in [0.25, 0.3) is 44.9 Å². The van der Waals surface area contributed by atoms with E-state index in [-0.39, 0.29) is 5.82 Å². The smallest absolute Gasteiger partial charge is 0.142 e. The zero-order valence-corrected chi connectivity index (χ0v) is 16.3. The summed E-state index contributed by atoms with van der Waals surface area (Å²) in [6, 6.07) is 37.2. The first-order valence-electron chi connectivity index (χ1n) is 9.89. The quantitative estimate of drug-likeness (QED) is 0.302. The fourth-order valence-electron chi connectivity index (χ4n) is 3.64. The molecular formula is C28H19FO. The molecule has 0 fully saturated rings. The average molecular weight is 390 g/mol. The van der Waals surface area contributed by atoms with Crippen molar-refractivity contribution in [3.63, 3.8) is 0 Å². The first-order valence-corrected chi connectivity index (χ1v) is 9.89. The van der Waals surface area contributed by atoms with Gasteiger partial charge in [0.05, 0.1) is 0 Å². The second-order valence-corrected chi connectivity index (χ2v) is 7.17. The summed E-state index contributed by atoms with van der Waals surface area (Å²) < 4.78 is 19.7. The van der Waals surface area contributed by atoms with E-state index in [0.717, 1.165) is 39.3 Å². The predicted molar refractivity (Wildman–Crippen MR) is 120 cm³/mol. The first-order chi connectivity index (χ1) is 14.8. The molecule has 0 atom stereocenters. The van der Waals surface area contributed by atoms with Crippen LogP contribution in [0.5, 0.6) is 0 Å². The van der Waals surface area contributed by atoms with Gasteiger partial charge in [-0.15, -0.1) is 0 Å². The Labute approximate surface area is 175 Å². The lowest BCUT2D eigenvalue weighted by Crippen LogP contribution is -1.80. The Hall–Kier alpha value is -3.91. The lowest BCUT2D eigenvalue weighted by atomic mass is 10.0. The maximum Gasteiger partial charge on any atom is 0.142 e. The van der Waals surface area contributed by atoms with Crippen LogP contribution < -0.4 is 0 Å². The van der Waals surface area contributed by atoms with Gasteiger partial charge in [-0.25, -0.2) is 4.39 Å². The van der Waals surface area contributed by atoms with Crippen LogP contribution in [-0.2, 0) is 0 Å². The van der Waals surface area contributed by atoms with Crippen molar-refractivity contribution in [2.75, 3.05) is 0 Å². The number of hydrogen-bond acceptors (Lipinski definition) is 1. The summed E-state index contributed by atoms with van der Waals surface area (Å²) >= 11 is 0. The van der Waals surface area contributed by atoms with E-state index in [1.54, 1.807) is 12.1 Å². The summed E-state index contributed by atoms with van der Waals surface area (Å²) in [7, 11) is 0. The van der Waals surface area contributed by atoms with Crippen LogP contribution in [0.4, 0.5) is 4.39 Å². The number of furan rings is 1. The molecule has 0 aliphatic heterocycles. The highest BCUT2D eigenvalue weighted by Crippen LogP contribution is 2.39. The van der Waals surface area contributed by atoms with Crippen molar-refractivity contribution in [3.8, 4) is 44.9 Å². The van der Waals surface area contributed by atoms with E-state index in [9.17, 15) is 4.39 Å². The van der Waals surface area contributed by atoms with Gasteiger partial charge >= 0.3 is 0 Å². The van der Waals surface area contributed by atoms with Gasteiger partial charge in [-0.3, -0.25) is 0 Å². The molecule has 0 saturated carbocycles. The molecule has 0 saturated heterocycles. The lowest BCUT2D eigenvalue weighted by molar-refractivity contribution is 0.597. The fourth-order valence-corrected chi connectivity index (χ4v) is 3.64. The van der Waals surface area contributed by atoms with Gasteiger partial charge in [-0.1, -0.05) is 84.9 Å². The maximum absolute atomic E-state index is 13.4. The van der Waals surface area contributed by atoms with Crippen LogP contribution in [0.1, 0.15) is 0 Å². The fraction of sp³-hybridized carbons (Fsp3) is 0. The molecule has 1 nitrogen and oxygen atoms in total. The molecular weight excluding hydrogens is 371 g/mol. The average Bonchev–Trinajstić information content (AvgIpc) is 3.26. The summed E-state index contributed by atoms with van der Waals surface area (Å²) in [4.78, 5) is 0. The SMILES string of the molecule is Fc1ccc(-c2oc(-c3ccc(-c4ccccc4)cc3)cc2-c2ccccc2)cc1. The molecule has 0 aliphatic rings. The van der Waals surface area contributed by atoms with E-state index >= 15 is 0 Å². The molecule has 0 amide bonds. The summed E-state index contributed by atoms with van der Waals surface area (Å²) in [6.07, 6.45) is 0. The van der Waals surface area contributed by atoms with Gasteiger partial charge in [0.15, 0.2) is 0 Å². The molecule has 0 unspecified atom stereocenters. The predicted octanol–water partition coefficient (Wildman–Crippen LogP) is 8.09. The van der Waals surface area contributed by atoms with Gasteiger partial charge in [0.2, 0.25) is 0 Å². The van der Waals surface area contributed by atoms with Crippen molar-refractivity contribution in [2.45, 2.75) is 0 Å². The Morgan fingerprint density at radius 3 is 1.60 bits per heavy atom. The molecule has 0 radical (unpaired) electrons. The minimum Gasteiger partial charge on any atom is -0.455 e. The molecule has 0 spiro atoms. The summed E-state index contributed by atoms with van der Waals surface area (Å²) in [5.74, 6) is 1.26.